The molecule has 5 heteroatoms. The highest BCUT2D eigenvalue weighted by molar-refractivity contribution is 5.82. The largest absolute Gasteiger partial charge is 0.467 e. The van der Waals surface area contributed by atoms with Crippen molar-refractivity contribution in [3.63, 3.8) is 0 Å². The van der Waals surface area contributed by atoms with Gasteiger partial charge in [-0.2, -0.15) is 0 Å². The van der Waals surface area contributed by atoms with E-state index in [2.05, 4.69) is 6.58 Å². The zero-order chi connectivity index (χ0) is 13.9. The lowest BCUT2D eigenvalue weighted by atomic mass is 9.98. The lowest BCUT2D eigenvalue weighted by Crippen LogP contribution is -2.50. The molecule has 0 spiro atoms. The van der Waals surface area contributed by atoms with Crippen LogP contribution < -0.4 is 0 Å². The third-order valence-corrected chi connectivity index (χ3v) is 2.67. The van der Waals surface area contributed by atoms with Gasteiger partial charge in [0, 0.05) is 6.54 Å². The van der Waals surface area contributed by atoms with Crippen molar-refractivity contribution in [2.75, 3.05) is 13.7 Å². The molecular weight excluding hydrogens is 234 g/mol. The Bertz CT molecular complexity index is 356. The number of hydrogen-bond acceptors (Lipinski definition) is 4. The molecule has 1 fully saturated rings. The van der Waals surface area contributed by atoms with Gasteiger partial charge in [0.1, 0.15) is 11.6 Å². The van der Waals surface area contributed by atoms with Crippen molar-refractivity contribution < 1.29 is 19.1 Å². The van der Waals surface area contributed by atoms with Crippen molar-refractivity contribution in [1.82, 2.24) is 4.90 Å². The maximum Gasteiger partial charge on any atom is 0.411 e. The van der Waals surface area contributed by atoms with Gasteiger partial charge in [-0.15, -0.1) is 0 Å². The van der Waals surface area contributed by atoms with Crippen LogP contribution in [0, 0.1) is 0 Å². The minimum atomic E-state index is -0.619. The summed E-state index contributed by atoms with van der Waals surface area (Å²) in [7, 11) is 1.31. The molecule has 18 heavy (non-hydrogen) atoms. The molecule has 1 atom stereocenters. The second-order valence-electron chi connectivity index (χ2n) is 5.42. The van der Waals surface area contributed by atoms with Crippen LogP contribution in [0.2, 0.25) is 0 Å². The quantitative estimate of drug-likeness (QED) is 0.532. The number of rotatable bonds is 1. The second kappa shape index (κ2) is 5.42. The number of methoxy groups -OCH3 is 1. The molecule has 0 bridgehead atoms. The summed E-state index contributed by atoms with van der Waals surface area (Å²) in [5, 5.41) is 0. The van der Waals surface area contributed by atoms with Crippen LogP contribution in [-0.2, 0) is 14.3 Å². The molecule has 1 heterocycles. The van der Waals surface area contributed by atoms with E-state index in [-0.39, 0.29) is 0 Å². The molecule has 1 rings (SSSR count). The molecule has 0 aromatic carbocycles. The van der Waals surface area contributed by atoms with Crippen molar-refractivity contribution in [1.29, 1.82) is 0 Å². The van der Waals surface area contributed by atoms with Crippen molar-refractivity contribution in [3.8, 4) is 0 Å². The van der Waals surface area contributed by atoms with Gasteiger partial charge in [0.25, 0.3) is 0 Å². The third-order valence-electron chi connectivity index (χ3n) is 2.67. The highest BCUT2D eigenvalue weighted by Crippen LogP contribution is 2.24. The van der Waals surface area contributed by atoms with Crippen molar-refractivity contribution in [3.05, 3.63) is 12.2 Å². The van der Waals surface area contributed by atoms with Gasteiger partial charge in [-0.05, 0) is 33.6 Å². The number of carbonyl (C=O) groups is 2. The van der Waals surface area contributed by atoms with E-state index in [1.807, 2.05) is 0 Å². The molecule has 5 nitrogen and oxygen atoms in total. The Kier molecular flexibility index (Phi) is 4.38. The van der Waals surface area contributed by atoms with Gasteiger partial charge in [-0.3, -0.25) is 4.90 Å². The van der Waals surface area contributed by atoms with E-state index in [0.29, 0.717) is 19.4 Å². The van der Waals surface area contributed by atoms with E-state index in [0.717, 1.165) is 5.57 Å². The Balaban J connectivity index is 2.80. The number of carbonyl (C=O) groups excluding carboxylic acids is 2. The van der Waals surface area contributed by atoms with Crippen LogP contribution in [0.15, 0.2) is 12.2 Å². The number of hydrogen-bond donors (Lipinski definition) is 0. The second-order valence-corrected chi connectivity index (χ2v) is 5.42. The maximum absolute atomic E-state index is 12.0. The number of likely N-dealkylation sites (tertiary alicyclic amines) is 1. The molecular formula is C13H21NO4. The van der Waals surface area contributed by atoms with Crippen LogP contribution in [0.3, 0.4) is 0 Å². The molecule has 1 aliphatic heterocycles. The van der Waals surface area contributed by atoms with Gasteiger partial charge in [0.15, 0.2) is 0 Å². The van der Waals surface area contributed by atoms with Gasteiger partial charge in [-0.25, -0.2) is 9.59 Å². The average Bonchev–Trinajstić information content (AvgIpc) is 2.25. The summed E-state index contributed by atoms with van der Waals surface area (Å²) in [6.45, 7) is 9.68. The van der Waals surface area contributed by atoms with Gasteiger partial charge in [0.05, 0.1) is 7.11 Å². The van der Waals surface area contributed by atoms with E-state index in [4.69, 9.17) is 9.47 Å². The van der Waals surface area contributed by atoms with E-state index < -0.39 is 23.7 Å². The van der Waals surface area contributed by atoms with Gasteiger partial charge in [-0.1, -0.05) is 12.2 Å². The molecule has 102 valence electrons. The highest BCUT2D eigenvalue weighted by atomic mass is 16.6. The van der Waals surface area contributed by atoms with Crippen molar-refractivity contribution in [2.45, 2.75) is 45.3 Å². The van der Waals surface area contributed by atoms with Crippen LogP contribution in [-0.4, -0.2) is 42.3 Å². The zero-order valence-corrected chi connectivity index (χ0v) is 11.5. The Morgan fingerprint density at radius 2 is 2.00 bits per heavy atom. The summed E-state index contributed by atoms with van der Waals surface area (Å²) < 4.78 is 10.0. The number of amides is 1. The van der Waals surface area contributed by atoms with Crippen molar-refractivity contribution >= 4 is 12.1 Å². The first-order valence-electron chi connectivity index (χ1n) is 5.98. The molecule has 0 aliphatic carbocycles. The predicted octanol–water partition coefficient (Wildman–Crippen LogP) is 2.12. The fourth-order valence-electron chi connectivity index (χ4n) is 1.81. The van der Waals surface area contributed by atoms with Crippen LogP contribution in [0.5, 0.6) is 0 Å². The molecule has 1 saturated heterocycles. The fraction of sp³-hybridized carbons (Fsp3) is 0.692. The lowest BCUT2D eigenvalue weighted by molar-refractivity contribution is -0.147. The molecule has 0 N–H and O–H groups in total. The van der Waals surface area contributed by atoms with Crippen LogP contribution >= 0.6 is 0 Å². The van der Waals surface area contributed by atoms with E-state index >= 15 is 0 Å². The predicted molar refractivity (Wildman–Crippen MR) is 67.1 cm³/mol. The Morgan fingerprint density at radius 3 is 2.50 bits per heavy atom. The summed E-state index contributed by atoms with van der Waals surface area (Å²) in [5.41, 5.74) is 0.372. The Hall–Kier alpha value is -1.52. The van der Waals surface area contributed by atoms with Gasteiger partial charge in [0.2, 0.25) is 0 Å². The molecule has 0 aromatic heterocycles. The smallest absolute Gasteiger partial charge is 0.411 e. The van der Waals surface area contributed by atoms with Gasteiger partial charge < -0.3 is 9.47 Å². The number of ether oxygens (including phenoxy) is 2. The Labute approximate surface area is 108 Å². The average molecular weight is 255 g/mol. The molecule has 1 unspecified atom stereocenters. The standard InChI is InChI=1S/C13H21NO4/c1-9-6-7-14(10(8-9)11(15)17-5)12(16)18-13(2,3)4/h10H,1,6-8H2,2-5H3. The van der Waals surface area contributed by atoms with Crippen LogP contribution in [0.25, 0.3) is 0 Å². The SMILES string of the molecule is C=C1CCN(C(=O)OC(C)(C)C)C(C(=O)OC)C1. The molecule has 1 amide bonds. The summed E-state index contributed by atoms with van der Waals surface area (Å²) in [5.74, 6) is -0.429. The highest BCUT2D eigenvalue weighted by Gasteiger charge is 2.36. The van der Waals surface area contributed by atoms with E-state index in [1.165, 1.54) is 12.0 Å². The molecule has 1 aliphatic rings. The zero-order valence-electron chi connectivity index (χ0n) is 11.5. The first kappa shape index (κ1) is 14.5. The summed E-state index contributed by atoms with van der Waals surface area (Å²) in [4.78, 5) is 25.1. The summed E-state index contributed by atoms with van der Waals surface area (Å²) in [6.07, 6.45) is 0.643. The summed E-state index contributed by atoms with van der Waals surface area (Å²) >= 11 is 0. The van der Waals surface area contributed by atoms with Gasteiger partial charge >= 0.3 is 12.1 Å². The monoisotopic (exact) mass is 255 g/mol. The first-order valence-corrected chi connectivity index (χ1v) is 5.98. The Morgan fingerprint density at radius 1 is 1.39 bits per heavy atom. The fourth-order valence-corrected chi connectivity index (χ4v) is 1.81. The van der Waals surface area contributed by atoms with Crippen molar-refractivity contribution in [2.24, 2.45) is 0 Å². The number of esters is 1. The normalized spacial score (nSPS) is 20.6. The number of nitrogens with zero attached hydrogens (tertiary/aromatic N) is 1. The van der Waals surface area contributed by atoms with Crippen LogP contribution in [0.1, 0.15) is 33.6 Å². The minimum absolute atomic E-state index is 0.429. The topological polar surface area (TPSA) is 55.8 Å². The maximum atomic E-state index is 12.0. The minimum Gasteiger partial charge on any atom is -0.467 e. The molecule has 0 saturated carbocycles. The summed E-state index contributed by atoms with van der Waals surface area (Å²) in [6, 6.07) is -0.619. The number of piperidine rings is 1. The lowest BCUT2D eigenvalue weighted by Gasteiger charge is -2.35. The van der Waals surface area contributed by atoms with E-state index in [9.17, 15) is 9.59 Å². The molecule has 0 radical (unpaired) electrons. The molecule has 0 aromatic rings. The van der Waals surface area contributed by atoms with Crippen LogP contribution in [0.4, 0.5) is 4.79 Å². The van der Waals surface area contributed by atoms with E-state index in [1.54, 1.807) is 20.8 Å². The first-order chi connectivity index (χ1) is 8.24. The third kappa shape index (κ3) is 3.75.